The summed E-state index contributed by atoms with van der Waals surface area (Å²) < 4.78 is 19.3. The molecule has 2 nitrogen and oxygen atoms in total. The van der Waals surface area contributed by atoms with Gasteiger partial charge in [-0.1, -0.05) is 36.4 Å². The Hall–Kier alpha value is -1.87. The van der Waals surface area contributed by atoms with Crippen molar-refractivity contribution in [2.75, 3.05) is 13.6 Å². The van der Waals surface area contributed by atoms with Gasteiger partial charge in [0.2, 0.25) is 0 Å². The van der Waals surface area contributed by atoms with Crippen molar-refractivity contribution in [3.8, 4) is 5.75 Å². The molecule has 0 aromatic heterocycles. The van der Waals surface area contributed by atoms with Crippen LogP contribution in [0.5, 0.6) is 5.75 Å². The van der Waals surface area contributed by atoms with E-state index in [4.69, 9.17) is 4.74 Å². The number of hydrogen-bond acceptors (Lipinski definition) is 2. The van der Waals surface area contributed by atoms with Crippen LogP contribution in [-0.4, -0.2) is 13.6 Å². The molecule has 0 saturated heterocycles. The highest BCUT2D eigenvalue weighted by molar-refractivity contribution is 5.30. The summed E-state index contributed by atoms with van der Waals surface area (Å²) in [5.74, 6) is 0.00148. The molecule has 2 rings (SSSR count). The molecule has 3 heteroatoms. The lowest BCUT2D eigenvalue weighted by molar-refractivity contribution is 0.290. The molecule has 0 amide bonds. The average molecular weight is 259 g/mol. The number of halogens is 1. The highest BCUT2D eigenvalue weighted by Crippen LogP contribution is 2.19. The standard InChI is InChI=1S/C16H18FNO/c1-18-10-9-13-7-8-16(15(17)11-13)19-12-14-5-3-2-4-6-14/h2-8,11,18H,9-10,12H2,1H3. The summed E-state index contributed by atoms with van der Waals surface area (Å²) in [5.41, 5.74) is 2.00. The van der Waals surface area contributed by atoms with Crippen molar-refractivity contribution >= 4 is 0 Å². The number of hydrogen-bond donors (Lipinski definition) is 1. The molecule has 0 aliphatic carbocycles. The Morgan fingerprint density at radius 1 is 1.05 bits per heavy atom. The molecular formula is C16H18FNO. The van der Waals surface area contributed by atoms with Crippen molar-refractivity contribution < 1.29 is 9.13 Å². The smallest absolute Gasteiger partial charge is 0.165 e. The number of benzene rings is 2. The zero-order valence-electron chi connectivity index (χ0n) is 11.0. The van der Waals surface area contributed by atoms with Gasteiger partial charge >= 0.3 is 0 Å². The van der Waals surface area contributed by atoms with E-state index in [-0.39, 0.29) is 5.82 Å². The van der Waals surface area contributed by atoms with Crippen LogP contribution < -0.4 is 10.1 Å². The summed E-state index contributed by atoms with van der Waals surface area (Å²) in [6.45, 7) is 1.22. The number of nitrogens with one attached hydrogen (secondary N) is 1. The molecule has 0 bridgehead atoms. The lowest BCUT2D eigenvalue weighted by Gasteiger charge is -2.09. The summed E-state index contributed by atoms with van der Waals surface area (Å²) in [6, 6.07) is 14.9. The first kappa shape index (κ1) is 13.6. The summed E-state index contributed by atoms with van der Waals surface area (Å²) in [6.07, 6.45) is 0.812. The Bertz CT molecular complexity index is 513. The fourth-order valence-corrected chi connectivity index (χ4v) is 1.82. The second kappa shape index (κ2) is 6.90. The van der Waals surface area contributed by atoms with Crippen molar-refractivity contribution in [2.45, 2.75) is 13.0 Å². The molecule has 0 unspecified atom stereocenters. The van der Waals surface area contributed by atoms with E-state index in [1.165, 1.54) is 6.07 Å². The Morgan fingerprint density at radius 2 is 1.84 bits per heavy atom. The highest BCUT2D eigenvalue weighted by Gasteiger charge is 2.05. The van der Waals surface area contributed by atoms with E-state index in [1.807, 2.05) is 43.4 Å². The van der Waals surface area contributed by atoms with E-state index in [9.17, 15) is 4.39 Å². The summed E-state index contributed by atoms with van der Waals surface area (Å²) in [5, 5.41) is 3.04. The van der Waals surface area contributed by atoms with Crippen LogP contribution in [0.15, 0.2) is 48.5 Å². The first-order chi connectivity index (χ1) is 9.29. The van der Waals surface area contributed by atoms with E-state index in [1.54, 1.807) is 6.07 Å². The molecule has 19 heavy (non-hydrogen) atoms. The van der Waals surface area contributed by atoms with Gasteiger partial charge < -0.3 is 10.1 Å². The summed E-state index contributed by atoms with van der Waals surface area (Å²) >= 11 is 0. The fourth-order valence-electron chi connectivity index (χ4n) is 1.82. The van der Waals surface area contributed by atoms with Gasteiger partial charge in [0.25, 0.3) is 0 Å². The third-order valence-corrected chi connectivity index (χ3v) is 2.90. The van der Waals surface area contributed by atoms with Crippen LogP contribution in [0.4, 0.5) is 4.39 Å². The normalized spacial score (nSPS) is 10.4. The van der Waals surface area contributed by atoms with Gasteiger partial charge in [-0.25, -0.2) is 4.39 Å². The quantitative estimate of drug-likeness (QED) is 0.860. The van der Waals surface area contributed by atoms with Crippen LogP contribution in [0.3, 0.4) is 0 Å². The molecule has 0 spiro atoms. The highest BCUT2D eigenvalue weighted by atomic mass is 19.1. The van der Waals surface area contributed by atoms with Crippen molar-refractivity contribution in [3.05, 3.63) is 65.5 Å². The van der Waals surface area contributed by atoms with E-state index in [2.05, 4.69) is 5.32 Å². The molecule has 0 saturated carbocycles. The van der Waals surface area contributed by atoms with Gasteiger partial charge in [-0.2, -0.15) is 0 Å². The van der Waals surface area contributed by atoms with Crippen LogP contribution in [0, 0.1) is 5.82 Å². The van der Waals surface area contributed by atoms with Crippen molar-refractivity contribution in [1.29, 1.82) is 0 Å². The van der Waals surface area contributed by atoms with Crippen LogP contribution >= 0.6 is 0 Å². The Balaban J connectivity index is 1.97. The minimum Gasteiger partial charge on any atom is -0.486 e. The monoisotopic (exact) mass is 259 g/mol. The maximum Gasteiger partial charge on any atom is 0.165 e. The number of rotatable bonds is 6. The van der Waals surface area contributed by atoms with E-state index in [0.29, 0.717) is 12.4 Å². The Labute approximate surface area is 113 Å². The lowest BCUT2D eigenvalue weighted by Crippen LogP contribution is -2.10. The molecular weight excluding hydrogens is 241 g/mol. The molecule has 1 N–H and O–H groups in total. The van der Waals surface area contributed by atoms with Gasteiger partial charge in [-0.05, 0) is 43.3 Å². The third kappa shape index (κ3) is 4.07. The Morgan fingerprint density at radius 3 is 2.53 bits per heavy atom. The second-order valence-corrected chi connectivity index (χ2v) is 4.39. The molecule has 0 aliphatic rings. The van der Waals surface area contributed by atoms with E-state index >= 15 is 0 Å². The van der Waals surface area contributed by atoms with Crippen molar-refractivity contribution in [2.24, 2.45) is 0 Å². The van der Waals surface area contributed by atoms with Gasteiger partial charge in [0.1, 0.15) is 6.61 Å². The molecule has 2 aromatic rings. The SMILES string of the molecule is CNCCc1ccc(OCc2ccccc2)c(F)c1. The van der Waals surface area contributed by atoms with Gasteiger partial charge in [-0.3, -0.25) is 0 Å². The van der Waals surface area contributed by atoms with Crippen LogP contribution in [-0.2, 0) is 13.0 Å². The third-order valence-electron chi connectivity index (χ3n) is 2.90. The molecule has 0 radical (unpaired) electrons. The lowest BCUT2D eigenvalue weighted by atomic mass is 10.1. The topological polar surface area (TPSA) is 21.3 Å². The molecule has 0 heterocycles. The first-order valence-corrected chi connectivity index (χ1v) is 6.39. The largest absolute Gasteiger partial charge is 0.486 e. The maximum absolute atomic E-state index is 13.8. The van der Waals surface area contributed by atoms with Gasteiger partial charge in [0.05, 0.1) is 0 Å². The first-order valence-electron chi connectivity index (χ1n) is 6.39. The van der Waals surface area contributed by atoms with Gasteiger partial charge in [0, 0.05) is 0 Å². The zero-order valence-corrected chi connectivity index (χ0v) is 11.0. The predicted molar refractivity (Wildman–Crippen MR) is 74.8 cm³/mol. The predicted octanol–water partition coefficient (Wildman–Crippen LogP) is 3.17. The summed E-state index contributed by atoms with van der Waals surface area (Å²) in [4.78, 5) is 0. The second-order valence-electron chi connectivity index (χ2n) is 4.39. The fraction of sp³-hybridized carbons (Fsp3) is 0.250. The molecule has 0 atom stereocenters. The van der Waals surface area contributed by atoms with Crippen LogP contribution in [0.25, 0.3) is 0 Å². The minimum absolute atomic E-state index is 0.301. The van der Waals surface area contributed by atoms with Crippen molar-refractivity contribution in [3.63, 3.8) is 0 Å². The Kier molecular flexibility index (Phi) is 4.93. The summed E-state index contributed by atoms with van der Waals surface area (Å²) in [7, 11) is 1.88. The van der Waals surface area contributed by atoms with Crippen LogP contribution in [0.1, 0.15) is 11.1 Å². The maximum atomic E-state index is 13.8. The van der Waals surface area contributed by atoms with E-state index < -0.39 is 0 Å². The molecule has 2 aromatic carbocycles. The average Bonchev–Trinajstić information content (AvgIpc) is 2.45. The number of ether oxygens (including phenoxy) is 1. The van der Waals surface area contributed by atoms with Gasteiger partial charge in [-0.15, -0.1) is 0 Å². The van der Waals surface area contributed by atoms with Crippen molar-refractivity contribution in [1.82, 2.24) is 5.32 Å². The molecule has 0 aliphatic heterocycles. The molecule has 100 valence electrons. The molecule has 0 fully saturated rings. The van der Waals surface area contributed by atoms with Gasteiger partial charge in [0.15, 0.2) is 11.6 Å². The van der Waals surface area contributed by atoms with Crippen LogP contribution in [0.2, 0.25) is 0 Å². The minimum atomic E-state index is -0.301. The van der Waals surface area contributed by atoms with E-state index in [0.717, 1.165) is 24.1 Å². The number of likely N-dealkylation sites (N-methyl/N-ethyl adjacent to an activating group) is 1. The zero-order chi connectivity index (χ0) is 13.5.